The van der Waals surface area contributed by atoms with Crippen LogP contribution in [0.5, 0.6) is 0 Å². The maximum atomic E-state index is 11.8. The van der Waals surface area contributed by atoms with E-state index in [4.69, 9.17) is 0 Å². The van der Waals surface area contributed by atoms with Gasteiger partial charge in [0.05, 0.1) is 10.9 Å². The fourth-order valence-electron chi connectivity index (χ4n) is 1.97. The minimum Gasteiger partial charge on any atom is -0.325 e. The summed E-state index contributed by atoms with van der Waals surface area (Å²) in [7, 11) is -2.08. The Morgan fingerprint density at radius 1 is 1.32 bits per heavy atom. The summed E-state index contributed by atoms with van der Waals surface area (Å²) in [4.78, 5) is 12.0. The van der Waals surface area contributed by atoms with Gasteiger partial charge in [-0.25, -0.2) is 13.1 Å². The second-order valence-corrected chi connectivity index (χ2v) is 6.26. The number of nitrogens with one attached hydrogen (secondary N) is 3. The van der Waals surface area contributed by atoms with Crippen LogP contribution in [0.4, 0.5) is 5.69 Å². The summed E-state index contributed by atoms with van der Waals surface area (Å²) in [5.41, 5.74) is 0.591. The number of anilines is 1. The van der Waals surface area contributed by atoms with Gasteiger partial charge in [-0.3, -0.25) is 4.79 Å². The molecule has 3 N–H and O–H groups in total. The molecule has 2 rings (SSSR count). The first-order valence-corrected chi connectivity index (χ1v) is 7.59. The Bertz CT molecular complexity index is 548. The lowest BCUT2D eigenvalue weighted by Crippen LogP contribution is -2.35. The van der Waals surface area contributed by atoms with Crippen molar-refractivity contribution in [2.24, 2.45) is 0 Å². The molecule has 1 aliphatic heterocycles. The van der Waals surface area contributed by atoms with Gasteiger partial charge in [-0.2, -0.15) is 0 Å². The predicted molar refractivity (Wildman–Crippen MR) is 72.3 cm³/mol. The zero-order chi connectivity index (χ0) is 13.9. The van der Waals surface area contributed by atoms with Crippen molar-refractivity contribution in [1.82, 2.24) is 10.0 Å². The SMILES string of the molecule is CNS(=O)(=O)c1ccc(NC(=O)[C@@H]2CCCN2)cc1. The van der Waals surface area contributed by atoms with Crippen LogP contribution in [0.25, 0.3) is 0 Å². The molecule has 1 amide bonds. The van der Waals surface area contributed by atoms with Crippen molar-refractivity contribution in [3.8, 4) is 0 Å². The molecule has 0 aromatic heterocycles. The number of amides is 1. The zero-order valence-electron chi connectivity index (χ0n) is 10.6. The Labute approximate surface area is 112 Å². The molecular weight excluding hydrogens is 266 g/mol. The van der Waals surface area contributed by atoms with Crippen LogP contribution in [0.15, 0.2) is 29.2 Å². The van der Waals surface area contributed by atoms with Crippen molar-refractivity contribution in [2.75, 3.05) is 18.9 Å². The Morgan fingerprint density at radius 2 is 2.00 bits per heavy atom. The number of benzene rings is 1. The lowest BCUT2D eigenvalue weighted by atomic mass is 10.2. The number of sulfonamides is 1. The van der Waals surface area contributed by atoms with Crippen molar-refractivity contribution in [3.63, 3.8) is 0 Å². The van der Waals surface area contributed by atoms with Crippen LogP contribution in [0, 0.1) is 0 Å². The van der Waals surface area contributed by atoms with Gasteiger partial charge < -0.3 is 10.6 Å². The number of hydrogen-bond donors (Lipinski definition) is 3. The van der Waals surface area contributed by atoms with Crippen molar-refractivity contribution in [2.45, 2.75) is 23.8 Å². The second-order valence-electron chi connectivity index (χ2n) is 4.37. The van der Waals surface area contributed by atoms with E-state index in [1.54, 1.807) is 12.1 Å². The normalized spacial score (nSPS) is 19.3. The smallest absolute Gasteiger partial charge is 0.241 e. The highest BCUT2D eigenvalue weighted by atomic mass is 32.2. The number of carbonyl (C=O) groups is 1. The van der Waals surface area contributed by atoms with Crippen LogP contribution >= 0.6 is 0 Å². The third kappa shape index (κ3) is 3.31. The van der Waals surface area contributed by atoms with Gasteiger partial charge in [-0.15, -0.1) is 0 Å². The van der Waals surface area contributed by atoms with E-state index in [-0.39, 0.29) is 16.8 Å². The minimum absolute atomic E-state index is 0.0817. The molecule has 0 aliphatic carbocycles. The molecule has 0 spiro atoms. The van der Waals surface area contributed by atoms with E-state index in [1.807, 2.05) is 0 Å². The van der Waals surface area contributed by atoms with E-state index < -0.39 is 10.0 Å². The molecule has 1 fully saturated rings. The Hall–Kier alpha value is -1.44. The molecule has 7 heteroatoms. The largest absolute Gasteiger partial charge is 0.325 e. The quantitative estimate of drug-likeness (QED) is 0.741. The molecule has 104 valence electrons. The number of carbonyl (C=O) groups excluding carboxylic acids is 1. The van der Waals surface area contributed by atoms with Crippen molar-refractivity contribution >= 4 is 21.6 Å². The van der Waals surface area contributed by atoms with E-state index in [9.17, 15) is 13.2 Å². The van der Waals surface area contributed by atoms with E-state index in [2.05, 4.69) is 15.4 Å². The Morgan fingerprint density at radius 3 is 2.53 bits per heavy atom. The highest BCUT2D eigenvalue weighted by molar-refractivity contribution is 7.89. The summed E-state index contributed by atoms with van der Waals surface area (Å²) in [5, 5.41) is 5.87. The number of rotatable bonds is 4. The molecule has 6 nitrogen and oxygen atoms in total. The number of hydrogen-bond acceptors (Lipinski definition) is 4. The molecule has 19 heavy (non-hydrogen) atoms. The van der Waals surface area contributed by atoms with E-state index >= 15 is 0 Å². The Kier molecular flexibility index (Phi) is 4.18. The van der Waals surface area contributed by atoms with E-state index in [0.717, 1.165) is 19.4 Å². The summed E-state index contributed by atoms with van der Waals surface area (Å²) in [6.07, 6.45) is 1.83. The first kappa shape index (κ1) is 14.0. The Balaban J connectivity index is 2.04. The van der Waals surface area contributed by atoms with Gasteiger partial charge in [0.2, 0.25) is 15.9 Å². The van der Waals surface area contributed by atoms with Crippen LogP contribution in [0.2, 0.25) is 0 Å². The molecule has 0 radical (unpaired) electrons. The molecular formula is C12H17N3O3S. The van der Waals surface area contributed by atoms with Crippen LogP contribution in [0.1, 0.15) is 12.8 Å². The molecule has 1 saturated heterocycles. The molecule has 1 heterocycles. The summed E-state index contributed by atoms with van der Waals surface area (Å²) < 4.78 is 25.3. The van der Waals surface area contributed by atoms with Gasteiger partial charge in [0, 0.05) is 5.69 Å². The fourth-order valence-corrected chi connectivity index (χ4v) is 2.70. The van der Waals surface area contributed by atoms with Gasteiger partial charge in [0.15, 0.2) is 0 Å². The monoisotopic (exact) mass is 283 g/mol. The van der Waals surface area contributed by atoms with Gasteiger partial charge in [0.1, 0.15) is 0 Å². The lowest BCUT2D eigenvalue weighted by molar-refractivity contribution is -0.117. The summed E-state index contributed by atoms with van der Waals surface area (Å²) in [6, 6.07) is 5.93. The minimum atomic E-state index is -3.43. The third-order valence-electron chi connectivity index (χ3n) is 3.08. The summed E-state index contributed by atoms with van der Waals surface area (Å²) in [5.74, 6) is -0.0817. The highest BCUT2D eigenvalue weighted by Gasteiger charge is 2.21. The maximum Gasteiger partial charge on any atom is 0.241 e. The van der Waals surface area contributed by atoms with Crippen molar-refractivity contribution in [1.29, 1.82) is 0 Å². The molecule has 1 aromatic carbocycles. The molecule has 0 saturated carbocycles. The van der Waals surface area contributed by atoms with Gasteiger partial charge in [-0.1, -0.05) is 0 Å². The topological polar surface area (TPSA) is 87.3 Å². The van der Waals surface area contributed by atoms with Crippen LogP contribution in [-0.2, 0) is 14.8 Å². The van der Waals surface area contributed by atoms with E-state index in [0.29, 0.717) is 5.69 Å². The second kappa shape index (κ2) is 5.68. The van der Waals surface area contributed by atoms with Crippen LogP contribution in [0.3, 0.4) is 0 Å². The molecule has 1 aromatic rings. The first-order valence-electron chi connectivity index (χ1n) is 6.11. The zero-order valence-corrected chi connectivity index (χ0v) is 11.5. The van der Waals surface area contributed by atoms with Gasteiger partial charge >= 0.3 is 0 Å². The van der Waals surface area contributed by atoms with Gasteiger partial charge in [-0.05, 0) is 50.7 Å². The average Bonchev–Trinajstić information content (AvgIpc) is 2.93. The summed E-state index contributed by atoms with van der Waals surface area (Å²) in [6.45, 7) is 0.859. The highest BCUT2D eigenvalue weighted by Crippen LogP contribution is 2.15. The lowest BCUT2D eigenvalue weighted by Gasteiger charge is -2.11. The first-order chi connectivity index (χ1) is 9.03. The van der Waals surface area contributed by atoms with Gasteiger partial charge in [0.25, 0.3) is 0 Å². The van der Waals surface area contributed by atoms with E-state index in [1.165, 1.54) is 19.2 Å². The third-order valence-corrected chi connectivity index (χ3v) is 4.51. The average molecular weight is 283 g/mol. The summed E-state index contributed by atoms with van der Waals surface area (Å²) >= 11 is 0. The van der Waals surface area contributed by atoms with Crippen molar-refractivity contribution in [3.05, 3.63) is 24.3 Å². The molecule has 0 bridgehead atoms. The predicted octanol–water partition coefficient (Wildman–Crippen LogP) is 0.285. The molecule has 1 aliphatic rings. The maximum absolute atomic E-state index is 11.8. The van der Waals surface area contributed by atoms with Crippen molar-refractivity contribution < 1.29 is 13.2 Å². The fraction of sp³-hybridized carbons (Fsp3) is 0.417. The molecule has 1 atom stereocenters. The van der Waals surface area contributed by atoms with Crippen LogP contribution < -0.4 is 15.4 Å². The standard InChI is InChI=1S/C12H17N3O3S/c1-13-19(17,18)10-6-4-9(5-7-10)15-12(16)11-3-2-8-14-11/h4-7,11,13-14H,2-3,8H2,1H3,(H,15,16)/t11-/m0/s1. The van der Waals surface area contributed by atoms with Crippen LogP contribution in [-0.4, -0.2) is 34.0 Å². The molecule has 0 unspecified atom stereocenters.